The summed E-state index contributed by atoms with van der Waals surface area (Å²) < 4.78 is 0. The van der Waals surface area contributed by atoms with E-state index in [4.69, 9.17) is 4.99 Å². The first-order chi connectivity index (χ1) is 14.0. The van der Waals surface area contributed by atoms with Crippen LogP contribution in [0.25, 0.3) is 0 Å². The summed E-state index contributed by atoms with van der Waals surface area (Å²) in [6.45, 7) is 11.4. The van der Waals surface area contributed by atoms with Gasteiger partial charge in [-0.1, -0.05) is 18.2 Å². The summed E-state index contributed by atoms with van der Waals surface area (Å²) in [5.41, 5.74) is 4.08. The number of nitrogens with zero attached hydrogens (tertiary/aromatic N) is 3. The molecule has 3 rings (SSSR count). The topological polar surface area (TPSA) is 72.8 Å². The zero-order valence-electron chi connectivity index (χ0n) is 18.4. The number of benzene rings is 1. The zero-order chi connectivity index (χ0) is 20.8. The monoisotopic (exact) mass is 523 g/mol. The molecule has 0 amide bonds. The number of halogens is 1. The minimum atomic E-state index is 0. The number of aromatic nitrogens is 1. The summed E-state index contributed by atoms with van der Waals surface area (Å²) in [7, 11) is 0. The van der Waals surface area contributed by atoms with Gasteiger partial charge in [-0.15, -0.1) is 24.0 Å². The van der Waals surface area contributed by atoms with Crippen molar-refractivity contribution in [1.82, 2.24) is 15.6 Å². The normalized spacial score (nSPS) is 14.9. The molecule has 7 heteroatoms. The molecule has 1 aromatic carbocycles. The van der Waals surface area contributed by atoms with Gasteiger partial charge in [-0.25, -0.2) is 9.98 Å². The Kier molecular flexibility index (Phi) is 9.20. The van der Waals surface area contributed by atoms with E-state index in [-0.39, 0.29) is 24.0 Å². The first-order valence-corrected chi connectivity index (χ1v) is 10.5. The molecule has 2 aromatic rings. The van der Waals surface area contributed by atoms with Crippen molar-refractivity contribution >= 4 is 35.8 Å². The van der Waals surface area contributed by atoms with Crippen LogP contribution in [0.15, 0.2) is 35.5 Å². The molecular weight excluding hydrogens is 489 g/mol. The summed E-state index contributed by atoms with van der Waals surface area (Å²) in [5, 5.41) is 16.9. The van der Waals surface area contributed by atoms with Crippen molar-refractivity contribution in [2.24, 2.45) is 4.99 Å². The number of hydrogen-bond donors (Lipinski definition) is 3. The molecule has 1 aliphatic heterocycles. The molecular formula is C23H34IN5O. The van der Waals surface area contributed by atoms with Crippen molar-refractivity contribution in [3.8, 4) is 5.75 Å². The van der Waals surface area contributed by atoms with Crippen molar-refractivity contribution in [1.29, 1.82) is 0 Å². The number of pyridine rings is 1. The van der Waals surface area contributed by atoms with Crippen LogP contribution in [-0.4, -0.2) is 41.7 Å². The van der Waals surface area contributed by atoms with E-state index < -0.39 is 0 Å². The third-order valence-electron chi connectivity index (χ3n) is 5.37. The smallest absolute Gasteiger partial charge is 0.191 e. The standard InChI is InChI=1S/C23H33N5O.HI/c1-5-24-23(26-15-19-12-17(3)22(29)18(4)13-19)27-20-8-10-28(11-9-20)21-7-6-16(2)14-25-21;/h6-7,12-14,20,29H,5,8-11,15H2,1-4H3,(H2,24,26,27);1H. The van der Waals surface area contributed by atoms with Gasteiger partial charge in [0, 0.05) is 31.9 Å². The second-order valence-corrected chi connectivity index (χ2v) is 7.87. The van der Waals surface area contributed by atoms with Crippen LogP contribution in [0.4, 0.5) is 5.82 Å². The molecule has 2 heterocycles. The van der Waals surface area contributed by atoms with Crippen molar-refractivity contribution in [3.05, 3.63) is 52.7 Å². The highest BCUT2D eigenvalue weighted by atomic mass is 127. The molecule has 1 fully saturated rings. The van der Waals surface area contributed by atoms with E-state index in [0.717, 1.165) is 60.9 Å². The molecule has 1 saturated heterocycles. The lowest BCUT2D eigenvalue weighted by molar-refractivity contribution is 0.459. The van der Waals surface area contributed by atoms with E-state index in [0.29, 0.717) is 18.3 Å². The van der Waals surface area contributed by atoms with E-state index in [2.05, 4.69) is 46.5 Å². The van der Waals surface area contributed by atoms with Gasteiger partial charge in [0.15, 0.2) is 5.96 Å². The Balaban J connectivity index is 0.00000320. The van der Waals surface area contributed by atoms with Gasteiger partial charge in [0.1, 0.15) is 11.6 Å². The number of piperidine rings is 1. The molecule has 0 bridgehead atoms. The molecule has 1 aromatic heterocycles. The molecule has 0 aliphatic carbocycles. The van der Waals surface area contributed by atoms with E-state index in [1.807, 2.05) is 32.2 Å². The summed E-state index contributed by atoms with van der Waals surface area (Å²) in [5.74, 6) is 2.29. The van der Waals surface area contributed by atoms with Crippen LogP contribution in [0.5, 0.6) is 5.75 Å². The highest BCUT2D eigenvalue weighted by molar-refractivity contribution is 14.0. The molecule has 0 spiro atoms. The van der Waals surface area contributed by atoms with E-state index in [9.17, 15) is 5.11 Å². The maximum absolute atomic E-state index is 9.96. The number of aryl methyl sites for hydroxylation is 3. The highest BCUT2D eigenvalue weighted by Crippen LogP contribution is 2.23. The SMILES string of the molecule is CCNC(=NCc1cc(C)c(O)c(C)c1)NC1CCN(c2ccc(C)cn2)CC1.I. The molecule has 0 atom stereocenters. The minimum absolute atomic E-state index is 0. The lowest BCUT2D eigenvalue weighted by Crippen LogP contribution is -2.48. The predicted octanol–water partition coefficient (Wildman–Crippen LogP) is 4.05. The molecule has 30 heavy (non-hydrogen) atoms. The third kappa shape index (κ3) is 6.48. The average molecular weight is 523 g/mol. The highest BCUT2D eigenvalue weighted by Gasteiger charge is 2.20. The molecule has 3 N–H and O–H groups in total. The summed E-state index contributed by atoms with van der Waals surface area (Å²) >= 11 is 0. The van der Waals surface area contributed by atoms with Gasteiger partial charge in [-0.3, -0.25) is 0 Å². The van der Waals surface area contributed by atoms with Gasteiger partial charge in [-0.05, 0) is 68.9 Å². The fourth-order valence-corrected chi connectivity index (χ4v) is 3.72. The molecule has 0 unspecified atom stereocenters. The molecule has 0 radical (unpaired) electrons. The van der Waals surface area contributed by atoms with Gasteiger partial charge >= 0.3 is 0 Å². The summed E-state index contributed by atoms with van der Waals surface area (Å²) in [4.78, 5) is 11.7. The number of hydrogen-bond acceptors (Lipinski definition) is 4. The van der Waals surface area contributed by atoms with Crippen molar-refractivity contribution < 1.29 is 5.11 Å². The number of nitrogens with one attached hydrogen (secondary N) is 2. The van der Waals surface area contributed by atoms with Gasteiger partial charge in [0.05, 0.1) is 6.54 Å². The second kappa shape index (κ2) is 11.4. The molecule has 6 nitrogen and oxygen atoms in total. The Morgan fingerprint density at radius 2 is 1.83 bits per heavy atom. The summed E-state index contributed by atoms with van der Waals surface area (Å²) in [6, 6.07) is 8.63. The van der Waals surface area contributed by atoms with Crippen molar-refractivity contribution in [3.63, 3.8) is 0 Å². The van der Waals surface area contributed by atoms with Crippen LogP contribution in [0, 0.1) is 20.8 Å². The van der Waals surface area contributed by atoms with Crippen LogP contribution in [0.2, 0.25) is 0 Å². The van der Waals surface area contributed by atoms with Gasteiger partial charge < -0.3 is 20.6 Å². The molecule has 1 aliphatic rings. The predicted molar refractivity (Wildman–Crippen MR) is 135 cm³/mol. The van der Waals surface area contributed by atoms with Crippen LogP contribution in [-0.2, 0) is 6.54 Å². The van der Waals surface area contributed by atoms with E-state index in [1.165, 1.54) is 5.56 Å². The summed E-state index contributed by atoms with van der Waals surface area (Å²) in [6.07, 6.45) is 4.04. The average Bonchev–Trinajstić information content (AvgIpc) is 2.71. The lowest BCUT2D eigenvalue weighted by atomic mass is 10.1. The first kappa shape index (κ1) is 24.2. The second-order valence-electron chi connectivity index (χ2n) is 7.87. The Hall–Kier alpha value is -2.03. The van der Waals surface area contributed by atoms with Gasteiger partial charge in [0.2, 0.25) is 0 Å². The number of aliphatic imine (C=N–C) groups is 1. The first-order valence-electron chi connectivity index (χ1n) is 10.5. The van der Waals surface area contributed by atoms with Crippen LogP contribution < -0.4 is 15.5 Å². The lowest BCUT2D eigenvalue weighted by Gasteiger charge is -2.33. The van der Waals surface area contributed by atoms with Gasteiger partial charge in [-0.2, -0.15) is 0 Å². The largest absolute Gasteiger partial charge is 0.507 e. The zero-order valence-corrected chi connectivity index (χ0v) is 20.7. The maximum atomic E-state index is 9.96. The van der Waals surface area contributed by atoms with Crippen LogP contribution in [0.1, 0.15) is 42.0 Å². The Morgan fingerprint density at radius 3 is 2.40 bits per heavy atom. The minimum Gasteiger partial charge on any atom is -0.507 e. The Labute approximate surface area is 197 Å². The van der Waals surface area contributed by atoms with Crippen LogP contribution >= 0.6 is 24.0 Å². The molecule has 0 saturated carbocycles. The quantitative estimate of drug-likeness (QED) is 0.313. The van der Waals surface area contributed by atoms with Crippen molar-refractivity contribution in [2.45, 2.75) is 53.1 Å². The number of aromatic hydroxyl groups is 1. The number of rotatable bonds is 5. The van der Waals surface area contributed by atoms with E-state index in [1.54, 1.807) is 0 Å². The fraction of sp³-hybridized carbons (Fsp3) is 0.478. The Morgan fingerprint density at radius 1 is 1.17 bits per heavy atom. The van der Waals surface area contributed by atoms with Gasteiger partial charge in [0.25, 0.3) is 0 Å². The Bertz CT molecular complexity index is 822. The third-order valence-corrected chi connectivity index (χ3v) is 5.37. The maximum Gasteiger partial charge on any atom is 0.191 e. The fourth-order valence-electron chi connectivity index (χ4n) is 3.72. The van der Waals surface area contributed by atoms with Crippen LogP contribution in [0.3, 0.4) is 0 Å². The number of phenolic OH excluding ortho intramolecular Hbond substituents is 1. The molecule has 164 valence electrons. The van der Waals surface area contributed by atoms with E-state index >= 15 is 0 Å². The number of phenols is 1. The number of guanidine groups is 1. The van der Waals surface area contributed by atoms with Crippen molar-refractivity contribution in [2.75, 3.05) is 24.5 Å². The number of anilines is 1.